The van der Waals surface area contributed by atoms with Gasteiger partial charge in [0.2, 0.25) is 0 Å². The van der Waals surface area contributed by atoms with Gasteiger partial charge in [-0.2, -0.15) is 0 Å². The number of hydrogen-bond acceptors (Lipinski definition) is 1. The summed E-state index contributed by atoms with van der Waals surface area (Å²) in [5, 5.41) is 0.649. The number of nitrogens with zero attached hydrogens (tertiary/aromatic N) is 2. The van der Waals surface area contributed by atoms with Crippen LogP contribution in [0.4, 0.5) is 0 Å². The first kappa shape index (κ1) is 14.2. The van der Waals surface area contributed by atoms with E-state index in [0.29, 0.717) is 6.04 Å². The number of alkyl halides is 1. The molecule has 2 aromatic rings. The van der Waals surface area contributed by atoms with Gasteiger partial charge >= 0.3 is 0 Å². The van der Waals surface area contributed by atoms with Gasteiger partial charge in [-0.15, -0.1) is 11.6 Å². The maximum Gasteiger partial charge on any atom is 0.128 e. The van der Waals surface area contributed by atoms with Crippen molar-refractivity contribution in [2.24, 2.45) is 5.41 Å². The molecule has 2 unspecified atom stereocenters. The first-order valence-electron chi connectivity index (χ1n) is 7.22. The van der Waals surface area contributed by atoms with Crippen LogP contribution < -0.4 is 0 Å². The Bertz CT molecular complexity index is 643. The van der Waals surface area contributed by atoms with Gasteiger partial charge in [0.25, 0.3) is 0 Å². The molecule has 1 aromatic heterocycles. The van der Waals surface area contributed by atoms with Crippen LogP contribution in [0.15, 0.2) is 18.2 Å². The first-order chi connectivity index (χ1) is 9.42. The van der Waals surface area contributed by atoms with Crippen molar-refractivity contribution >= 4 is 34.2 Å². The number of aromatic nitrogens is 2. The van der Waals surface area contributed by atoms with Crippen LogP contribution in [0.2, 0.25) is 5.02 Å². The lowest BCUT2D eigenvalue weighted by atomic mass is 9.87. The quantitative estimate of drug-likeness (QED) is 0.647. The second-order valence-corrected chi connectivity index (χ2v) is 7.52. The maximum absolute atomic E-state index is 6.45. The van der Waals surface area contributed by atoms with E-state index < -0.39 is 0 Å². The van der Waals surface area contributed by atoms with Crippen molar-refractivity contribution in [1.82, 2.24) is 9.55 Å². The standard InChI is InChI=1S/C16H20Cl2N2/c1-10(17)15-19-12-7-4-6-11(18)14(12)20(15)13-8-5-9-16(13,2)3/h4,6-7,10,13H,5,8-9H2,1-3H3. The Morgan fingerprint density at radius 3 is 2.75 bits per heavy atom. The summed E-state index contributed by atoms with van der Waals surface area (Å²) >= 11 is 12.8. The van der Waals surface area contributed by atoms with E-state index in [-0.39, 0.29) is 10.8 Å². The molecule has 2 atom stereocenters. The molecule has 1 aromatic carbocycles. The zero-order valence-electron chi connectivity index (χ0n) is 12.2. The molecule has 1 saturated carbocycles. The van der Waals surface area contributed by atoms with Gasteiger partial charge in [0.05, 0.1) is 21.4 Å². The fourth-order valence-corrected chi connectivity index (χ4v) is 3.92. The van der Waals surface area contributed by atoms with Crippen molar-refractivity contribution in [2.45, 2.75) is 51.5 Å². The topological polar surface area (TPSA) is 17.8 Å². The van der Waals surface area contributed by atoms with E-state index in [1.807, 2.05) is 25.1 Å². The van der Waals surface area contributed by atoms with E-state index in [2.05, 4.69) is 18.4 Å². The van der Waals surface area contributed by atoms with E-state index in [1.54, 1.807) is 0 Å². The third-order valence-electron chi connectivity index (χ3n) is 4.56. The van der Waals surface area contributed by atoms with Gasteiger partial charge in [-0.1, -0.05) is 37.9 Å². The maximum atomic E-state index is 6.45. The zero-order valence-corrected chi connectivity index (χ0v) is 13.7. The van der Waals surface area contributed by atoms with Crippen LogP contribution in [0, 0.1) is 5.41 Å². The van der Waals surface area contributed by atoms with Gasteiger partial charge in [-0.05, 0) is 37.3 Å². The Morgan fingerprint density at radius 2 is 2.15 bits per heavy atom. The minimum Gasteiger partial charge on any atom is -0.322 e. The summed E-state index contributed by atoms with van der Waals surface area (Å²) in [7, 11) is 0. The molecule has 0 aliphatic heterocycles. The molecule has 3 rings (SSSR count). The van der Waals surface area contributed by atoms with E-state index in [4.69, 9.17) is 28.2 Å². The van der Waals surface area contributed by atoms with Gasteiger partial charge in [0, 0.05) is 6.04 Å². The molecule has 0 amide bonds. The number of imidazole rings is 1. The van der Waals surface area contributed by atoms with Crippen LogP contribution in [-0.4, -0.2) is 9.55 Å². The highest BCUT2D eigenvalue weighted by Gasteiger charge is 2.38. The van der Waals surface area contributed by atoms with Crippen LogP contribution in [0.5, 0.6) is 0 Å². The molecule has 1 heterocycles. The first-order valence-corrected chi connectivity index (χ1v) is 8.03. The second kappa shape index (κ2) is 4.92. The highest BCUT2D eigenvalue weighted by molar-refractivity contribution is 6.35. The van der Waals surface area contributed by atoms with Crippen molar-refractivity contribution in [1.29, 1.82) is 0 Å². The molecule has 20 heavy (non-hydrogen) atoms. The Kier molecular flexibility index (Phi) is 3.50. The number of rotatable bonds is 2. The molecule has 1 fully saturated rings. The molecule has 0 radical (unpaired) electrons. The summed E-state index contributed by atoms with van der Waals surface area (Å²) in [5.74, 6) is 0.940. The van der Waals surface area contributed by atoms with Crippen LogP contribution in [-0.2, 0) is 0 Å². The van der Waals surface area contributed by atoms with Gasteiger partial charge in [0.1, 0.15) is 5.82 Å². The predicted octanol–water partition coefficient (Wildman–Crippen LogP) is 5.74. The number of hydrogen-bond donors (Lipinski definition) is 0. The summed E-state index contributed by atoms with van der Waals surface area (Å²) in [6.07, 6.45) is 3.65. The van der Waals surface area contributed by atoms with E-state index in [1.165, 1.54) is 19.3 Å². The van der Waals surface area contributed by atoms with Gasteiger partial charge in [-0.3, -0.25) is 0 Å². The lowest BCUT2D eigenvalue weighted by Gasteiger charge is -2.30. The Hall–Kier alpha value is -0.730. The van der Waals surface area contributed by atoms with Gasteiger partial charge in [-0.25, -0.2) is 4.98 Å². The van der Waals surface area contributed by atoms with Gasteiger partial charge < -0.3 is 4.57 Å². The second-order valence-electron chi connectivity index (χ2n) is 6.46. The molecule has 2 nitrogen and oxygen atoms in total. The number of para-hydroxylation sites is 1. The van der Waals surface area contributed by atoms with Crippen molar-refractivity contribution in [3.8, 4) is 0 Å². The average molecular weight is 311 g/mol. The van der Waals surface area contributed by atoms with E-state index in [9.17, 15) is 0 Å². The van der Waals surface area contributed by atoms with Crippen molar-refractivity contribution in [3.05, 3.63) is 29.0 Å². The minimum absolute atomic E-state index is 0.116. The van der Waals surface area contributed by atoms with Crippen molar-refractivity contribution in [3.63, 3.8) is 0 Å². The third-order valence-corrected chi connectivity index (χ3v) is 5.06. The molecule has 0 bridgehead atoms. The molecule has 0 saturated heterocycles. The predicted molar refractivity (Wildman–Crippen MR) is 85.7 cm³/mol. The van der Waals surface area contributed by atoms with Crippen LogP contribution in [0.3, 0.4) is 0 Å². The normalized spacial score (nSPS) is 23.4. The van der Waals surface area contributed by atoms with Gasteiger partial charge in [0.15, 0.2) is 0 Å². The summed E-state index contributed by atoms with van der Waals surface area (Å²) in [6.45, 7) is 6.64. The fraction of sp³-hybridized carbons (Fsp3) is 0.562. The highest BCUT2D eigenvalue weighted by atomic mass is 35.5. The number of halogens is 2. The molecule has 108 valence electrons. The Morgan fingerprint density at radius 1 is 1.40 bits per heavy atom. The summed E-state index contributed by atoms with van der Waals surface area (Å²) in [5.41, 5.74) is 2.24. The lowest BCUT2D eigenvalue weighted by Crippen LogP contribution is -2.23. The van der Waals surface area contributed by atoms with Crippen LogP contribution in [0.1, 0.15) is 57.3 Å². The smallest absolute Gasteiger partial charge is 0.128 e. The Balaban J connectivity index is 2.29. The van der Waals surface area contributed by atoms with E-state index in [0.717, 1.165) is 21.9 Å². The third kappa shape index (κ3) is 2.14. The highest BCUT2D eigenvalue weighted by Crippen LogP contribution is 2.48. The largest absolute Gasteiger partial charge is 0.322 e. The van der Waals surface area contributed by atoms with Crippen molar-refractivity contribution < 1.29 is 0 Å². The number of benzene rings is 1. The molecular weight excluding hydrogens is 291 g/mol. The number of fused-ring (bicyclic) bond motifs is 1. The SMILES string of the molecule is CC(Cl)c1nc2cccc(Cl)c2n1C1CCCC1(C)C. The lowest BCUT2D eigenvalue weighted by molar-refractivity contribution is 0.261. The monoisotopic (exact) mass is 310 g/mol. The Labute approximate surface area is 130 Å². The summed E-state index contributed by atoms with van der Waals surface area (Å²) < 4.78 is 2.31. The molecule has 4 heteroatoms. The summed E-state index contributed by atoms with van der Waals surface area (Å²) in [4.78, 5) is 4.73. The molecule has 0 N–H and O–H groups in total. The summed E-state index contributed by atoms with van der Waals surface area (Å²) in [6, 6.07) is 6.32. The van der Waals surface area contributed by atoms with Crippen LogP contribution >= 0.6 is 23.2 Å². The van der Waals surface area contributed by atoms with Crippen LogP contribution in [0.25, 0.3) is 11.0 Å². The average Bonchev–Trinajstić information content (AvgIpc) is 2.89. The molecule has 1 aliphatic rings. The minimum atomic E-state index is -0.116. The zero-order chi connectivity index (χ0) is 14.5. The molecule has 1 aliphatic carbocycles. The fourth-order valence-electron chi connectivity index (χ4n) is 3.51. The van der Waals surface area contributed by atoms with E-state index >= 15 is 0 Å². The molecular formula is C16H20Cl2N2. The molecule has 0 spiro atoms. The van der Waals surface area contributed by atoms with Crippen molar-refractivity contribution in [2.75, 3.05) is 0 Å².